The summed E-state index contributed by atoms with van der Waals surface area (Å²) in [5.41, 5.74) is 2.29. The summed E-state index contributed by atoms with van der Waals surface area (Å²) in [4.78, 5) is 29.8. The molecule has 0 fully saturated rings. The maximum Gasteiger partial charge on any atom is 0.378 e. The Morgan fingerprint density at radius 1 is 0.865 bits per heavy atom. The van der Waals surface area contributed by atoms with Gasteiger partial charge in [-0.1, -0.05) is 66.7 Å². The van der Waals surface area contributed by atoms with E-state index in [1.807, 2.05) is 84.9 Å². The van der Waals surface area contributed by atoms with Crippen molar-refractivity contribution in [2.75, 3.05) is 11.9 Å². The van der Waals surface area contributed by atoms with Gasteiger partial charge in [0.1, 0.15) is 11.6 Å². The summed E-state index contributed by atoms with van der Waals surface area (Å²) < 4.78 is 8.17. The molecule has 0 aliphatic rings. The van der Waals surface area contributed by atoms with Gasteiger partial charge in [-0.2, -0.15) is 10.4 Å². The first-order chi connectivity index (χ1) is 18.1. The monoisotopic (exact) mass is 489 g/mol. The molecule has 2 aromatic heterocycles. The molecule has 0 aliphatic carbocycles. The maximum absolute atomic E-state index is 12.8. The number of aromatic nitrogens is 5. The van der Waals surface area contributed by atoms with E-state index in [1.165, 1.54) is 10.9 Å². The Balaban J connectivity index is 1.34. The molecule has 10 heteroatoms. The number of anilines is 1. The van der Waals surface area contributed by atoms with E-state index in [-0.39, 0.29) is 17.2 Å². The predicted molar refractivity (Wildman–Crippen MR) is 134 cm³/mol. The van der Waals surface area contributed by atoms with E-state index in [9.17, 15) is 14.9 Å². The van der Waals surface area contributed by atoms with Crippen LogP contribution in [-0.2, 0) is 9.53 Å². The van der Waals surface area contributed by atoms with E-state index in [0.29, 0.717) is 17.2 Å². The highest BCUT2D eigenvalue weighted by atomic mass is 16.5. The molecule has 5 aromatic rings. The molecule has 0 bridgehead atoms. The number of amides is 1. The maximum atomic E-state index is 12.8. The first kappa shape index (κ1) is 23.2. The number of carbonyl (C=O) groups excluding carboxylic acids is 2. The third kappa shape index (κ3) is 4.96. The van der Waals surface area contributed by atoms with Gasteiger partial charge in [-0.15, -0.1) is 5.10 Å². The second kappa shape index (κ2) is 10.4. The van der Waals surface area contributed by atoms with Crippen LogP contribution in [0.2, 0.25) is 0 Å². The van der Waals surface area contributed by atoms with E-state index in [4.69, 9.17) is 4.74 Å². The predicted octanol–water partition coefficient (Wildman–Crippen LogP) is 3.79. The molecule has 180 valence electrons. The topological polar surface area (TPSA) is 128 Å². The minimum Gasteiger partial charge on any atom is -0.450 e. The molecule has 2 heterocycles. The zero-order chi connectivity index (χ0) is 25.6. The van der Waals surface area contributed by atoms with Crippen molar-refractivity contribution in [3.63, 3.8) is 0 Å². The van der Waals surface area contributed by atoms with Crippen LogP contribution in [0, 0.1) is 11.3 Å². The molecular formula is C27H19N7O3. The Labute approximate surface area is 211 Å². The van der Waals surface area contributed by atoms with Crippen LogP contribution in [0.5, 0.6) is 0 Å². The molecule has 37 heavy (non-hydrogen) atoms. The van der Waals surface area contributed by atoms with Crippen molar-refractivity contribution < 1.29 is 14.3 Å². The van der Waals surface area contributed by atoms with Crippen LogP contribution >= 0.6 is 0 Å². The number of ether oxygens (including phenoxy) is 1. The van der Waals surface area contributed by atoms with Crippen molar-refractivity contribution in [1.29, 1.82) is 5.26 Å². The van der Waals surface area contributed by atoms with Crippen LogP contribution in [0.15, 0.2) is 97.2 Å². The van der Waals surface area contributed by atoms with Gasteiger partial charge in [0.05, 0.1) is 17.6 Å². The van der Waals surface area contributed by atoms with E-state index in [1.54, 1.807) is 16.8 Å². The fourth-order valence-corrected chi connectivity index (χ4v) is 3.60. The Bertz CT molecular complexity index is 1530. The van der Waals surface area contributed by atoms with Gasteiger partial charge in [0.25, 0.3) is 11.7 Å². The number of carbonyl (C=O) groups is 2. The van der Waals surface area contributed by atoms with Gasteiger partial charge in [0.2, 0.25) is 0 Å². The minimum atomic E-state index is -0.862. The number of benzene rings is 3. The van der Waals surface area contributed by atoms with Gasteiger partial charge in [-0.3, -0.25) is 4.79 Å². The standard InChI is InChI=1S/C27H19N7O3/c28-16-20-17-29-33(21-12-6-2-7-13-21)26(20)30-23(35)18-37-27(36)24-31-25(19-10-4-1-5-11-19)34(32-24)22-14-8-3-9-15-22/h1-15,17H,18H2,(H,30,35). The molecule has 10 nitrogen and oxygen atoms in total. The second-order valence-corrected chi connectivity index (χ2v) is 7.76. The summed E-state index contributed by atoms with van der Waals surface area (Å²) in [6.07, 6.45) is 1.35. The fraction of sp³-hybridized carbons (Fsp3) is 0.0370. The summed E-state index contributed by atoms with van der Waals surface area (Å²) in [5, 5.41) is 20.5. The Morgan fingerprint density at radius 3 is 2.08 bits per heavy atom. The molecule has 0 radical (unpaired) electrons. The molecule has 0 saturated carbocycles. The number of nitrogens with one attached hydrogen (secondary N) is 1. The summed E-state index contributed by atoms with van der Waals surface area (Å²) in [6, 6.07) is 29.6. The minimum absolute atomic E-state index is 0.166. The van der Waals surface area contributed by atoms with E-state index >= 15 is 0 Å². The summed E-state index contributed by atoms with van der Waals surface area (Å²) >= 11 is 0. The summed E-state index contributed by atoms with van der Waals surface area (Å²) in [5.74, 6) is -1.07. The number of hydrogen-bond acceptors (Lipinski definition) is 7. The molecule has 0 aliphatic heterocycles. The van der Waals surface area contributed by atoms with Crippen molar-refractivity contribution in [3.8, 4) is 28.8 Å². The van der Waals surface area contributed by atoms with E-state index < -0.39 is 18.5 Å². The average molecular weight is 489 g/mol. The first-order valence-electron chi connectivity index (χ1n) is 11.2. The Kier molecular flexibility index (Phi) is 6.50. The van der Waals surface area contributed by atoms with Crippen molar-refractivity contribution >= 4 is 17.7 Å². The van der Waals surface area contributed by atoms with Gasteiger partial charge in [0.15, 0.2) is 18.2 Å². The number of esters is 1. The molecule has 0 saturated heterocycles. The zero-order valence-corrected chi connectivity index (χ0v) is 19.4. The van der Waals surface area contributed by atoms with Crippen LogP contribution in [0.25, 0.3) is 22.8 Å². The van der Waals surface area contributed by atoms with E-state index in [2.05, 4.69) is 20.5 Å². The van der Waals surface area contributed by atoms with Crippen LogP contribution in [0.4, 0.5) is 5.82 Å². The highest BCUT2D eigenvalue weighted by Gasteiger charge is 2.22. The van der Waals surface area contributed by atoms with Gasteiger partial charge in [0, 0.05) is 5.56 Å². The fourth-order valence-electron chi connectivity index (χ4n) is 3.60. The smallest absolute Gasteiger partial charge is 0.378 e. The molecule has 0 spiro atoms. The van der Waals surface area contributed by atoms with Crippen LogP contribution in [0.1, 0.15) is 16.2 Å². The van der Waals surface area contributed by atoms with Gasteiger partial charge in [-0.25, -0.2) is 19.1 Å². The number of nitrogens with zero attached hydrogens (tertiary/aromatic N) is 6. The SMILES string of the molecule is N#Cc1cnn(-c2ccccc2)c1NC(=O)COC(=O)c1nc(-c2ccccc2)n(-c2ccccc2)n1. The number of nitriles is 1. The molecule has 3 aromatic carbocycles. The third-order valence-electron chi connectivity index (χ3n) is 5.31. The molecule has 1 N–H and O–H groups in total. The average Bonchev–Trinajstić information content (AvgIpc) is 3.58. The van der Waals surface area contributed by atoms with Gasteiger partial charge >= 0.3 is 5.97 Å². The normalized spacial score (nSPS) is 10.5. The molecule has 0 atom stereocenters. The molecule has 5 rings (SSSR count). The number of para-hydroxylation sites is 2. The Hall–Kier alpha value is -5.56. The van der Waals surface area contributed by atoms with Crippen LogP contribution in [-0.4, -0.2) is 43.0 Å². The lowest BCUT2D eigenvalue weighted by molar-refractivity contribution is -0.119. The highest BCUT2D eigenvalue weighted by molar-refractivity contribution is 5.95. The van der Waals surface area contributed by atoms with E-state index in [0.717, 1.165) is 5.56 Å². The highest BCUT2D eigenvalue weighted by Crippen LogP contribution is 2.22. The van der Waals surface area contributed by atoms with Crippen molar-refractivity contribution in [3.05, 3.63) is 109 Å². The Morgan fingerprint density at radius 2 is 1.46 bits per heavy atom. The molecular weight excluding hydrogens is 470 g/mol. The lowest BCUT2D eigenvalue weighted by atomic mass is 10.2. The van der Waals surface area contributed by atoms with Crippen LogP contribution in [0.3, 0.4) is 0 Å². The van der Waals surface area contributed by atoms with Crippen molar-refractivity contribution in [2.24, 2.45) is 0 Å². The number of rotatable bonds is 7. The lowest BCUT2D eigenvalue weighted by Crippen LogP contribution is -2.23. The van der Waals surface area contributed by atoms with Crippen molar-refractivity contribution in [1.82, 2.24) is 24.5 Å². The van der Waals surface area contributed by atoms with Gasteiger partial charge < -0.3 is 10.1 Å². The summed E-state index contributed by atoms with van der Waals surface area (Å²) in [6.45, 7) is -0.607. The molecule has 1 amide bonds. The third-order valence-corrected chi connectivity index (χ3v) is 5.31. The quantitative estimate of drug-likeness (QED) is 0.345. The van der Waals surface area contributed by atoms with Gasteiger partial charge in [-0.05, 0) is 24.3 Å². The largest absolute Gasteiger partial charge is 0.450 e. The zero-order valence-electron chi connectivity index (χ0n) is 19.4. The second-order valence-electron chi connectivity index (χ2n) is 7.76. The van der Waals surface area contributed by atoms with Crippen LogP contribution < -0.4 is 5.32 Å². The summed E-state index contributed by atoms with van der Waals surface area (Å²) in [7, 11) is 0. The number of hydrogen-bond donors (Lipinski definition) is 1. The molecule has 0 unspecified atom stereocenters. The van der Waals surface area contributed by atoms with Crippen molar-refractivity contribution in [2.45, 2.75) is 0 Å². The first-order valence-corrected chi connectivity index (χ1v) is 11.2. The lowest BCUT2D eigenvalue weighted by Gasteiger charge is -2.09.